The number of nitrogens with two attached hydrogens (primary N) is 1. The minimum atomic E-state index is -3.11. The maximum absolute atomic E-state index is 11.4. The first-order chi connectivity index (χ1) is 4.98. The van der Waals surface area contributed by atoms with Crippen molar-refractivity contribution in [1.82, 2.24) is 0 Å². The van der Waals surface area contributed by atoms with E-state index >= 15 is 0 Å². The molecule has 0 aromatic heterocycles. The highest BCUT2D eigenvalue weighted by Gasteiger charge is 2.60. The number of rotatable bonds is 3. The fraction of sp³-hybridized carbons (Fsp3) is 0.714. The van der Waals surface area contributed by atoms with Gasteiger partial charge in [0.1, 0.15) is 5.28 Å². The first-order valence-corrected chi connectivity index (χ1v) is 5.56. The van der Waals surface area contributed by atoms with E-state index in [1.54, 1.807) is 13.0 Å². The predicted molar refractivity (Wildman–Crippen MR) is 45.6 cm³/mol. The monoisotopic (exact) mass is 175 g/mol. The lowest BCUT2D eigenvalue weighted by Crippen LogP contribution is -2.25. The zero-order valence-corrected chi connectivity index (χ0v) is 7.55. The zero-order chi connectivity index (χ0) is 8.70. The van der Waals surface area contributed by atoms with Gasteiger partial charge < -0.3 is 10.6 Å². The first kappa shape index (κ1) is 8.98. The van der Waals surface area contributed by atoms with Gasteiger partial charge in [0.25, 0.3) is 0 Å². The molecule has 0 aromatic rings. The second-order valence-electron chi connectivity index (χ2n) is 3.06. The van der Waals surface area contributed by atoms with Gasteiger partial charge in [0.15, 0.2) is 0 Å². The van der Waals surface area contributed by atoms with Crippen LogP contribution in [0.3, 0.4) is 0 Å². The summed E-state index contributed by atoms with van der Waals surface area (Å²) in [7, 11) is -3.11. The van der Waals surface area contributed by atoms with Crippen molar-refractivity contribution in [3.63, 3.8) is 0 Å². The molecular weight excluding hydrogens is 161 g/mol. The van der Waals surface area contributed by atoms with E-state index in [0.29, 0.717) is 6.42 Å². The molecule has 1 aliphatic carbocycles. The quantitative estimate of drug-likeness (QED) is 0.499. The Morgan fingerprint density at radius 1 is 2.00 bits per heavy atom. The Hall–Kier alpha value is -0.110. The van der Waals surface area contributed by atoms with Crippen LogP contribution in [0.15, 0.2) is 12.7 Å². The van der Waals surface area contributed by atoms with Gasteiger partial charge in [-0.15, -0.1) is 6.58 Å². The fourth-order valence-electron chi connectivity index (χ4n) is 1.28. The Bertz CT molecular complexity index is 228. The van der Waals surface area contributed by atoms with Gasteiger partial charge >= 0.3 is 0 Å². The van der Waals surface area contributed by atoms with Gasteiger partial charge in [-0.2, -0.15) is 0 Å². The third kappa shape index (κ3) is 1.18. The van der Waals surface area contributed by atoms with Crippen molar-refractivity contribution in [1.29, 1.82) is 0 Å². The maximum atomic E-state index is 11.4. The summed E-state index contributed by atoms with van der Waals surface area (Å²) in [6.07, 6.45) is 2.53. The summed E-state index contributed by atoms with van der Waals surface area (Å²) in [5, 5.41) is -0.844. The highest BCUT2D eigenvalue weighted by atomic mass is 31.2. The summed E-state index contributed by atoms with van der Waals surface area (Å²) in [5.74, 6) is 0.0401. The Morgan fingerprint density at radius 3 is 2.82 bits per heavy atom. The highest BCUT2D eigenvalue weighted by molar-refractivity contribution is 7.60. The lowest BCUT2D eigenvalue weighted by atomic mass is 10.4. The van der Waals surface area contributed by atoms with Gasteiger partial charge in [0.05, 0.1) is 0 Å². The predicted octanol–water partition coefficient (Wildman–Crippen LogP) is 1.14. The molecule has 1 rings (SSSR count). The van der Waals surface area contributed by atoms with Crippen molar-refractivity contribution < 1.29 is 9.46 Å². The molecule has 3 N–H and O–H groups in total. The molecule has 0 bridgehead atoms. The van der Waals surface area contributed by atoms with Crippen LogP contribution >= 0.6 is 7.37 Å². The van der Waals surface area contributed by atoms with E-state index in [9.17, 15) is 9.46 Å². The largest absolute Gasteiger partial charge is 0.343 e. The van der Waals surface area contributed by atoms with E-state index in [-0.39, 0.29) is 12.1 Å². The molecule has 0 aliphatic heterocycles. The summed E-state index contributed by atoms with van der Waals surface area (Å²) in [6, 6.07) is 0. The van der Waals surface area contributed by atoms with Crippen LogP contribution in [-0.4, -0.2) is 16.3 Å². The normalized spacial score (nSPS) is 41.2. The molecule has 1 unspecified atom stereocenters. The third-order valence-electron chi connectivity index (χ3n) is 2.39. The van der Waals surface area contributed by atoms with Crippen LogP contribution < -0.4 is 5.73 Å². The van der Waals surface area contributed by atoms with Crippen LogP contribution in [0, 0.1) is 5.92 Å². The molecule has 64 valence electrons. The Kier molecular flexibility index (Phi) is 1.99. The molecule has 0 heterocycles. The Morgan fingerprint density at radius 2 is 2.55 bits per heavy atom. The van der Waals surface area contributed by atoms with E-state index in [0.717, 1.165) is 0 Å². The topological polar surface area (TPSA) is 63.3 Å². The van der Waals surface area contributed by atoms with Crippen LogP contribution in [0.2, 0.25) is 0 Å². The lowest BCUT2D eigenvalue weighted by molar-refractivity contribution is 0.458. The SMILES string of the molecule is C=C[C@@H]1C[C@]1(N)P(=O)(O)CC. The Balaban J connectivity index is 2.78. The maximum Gasteiger partial charge on any atom is 0.220 e. The average Bonchev–Trinajstić information content (AvgIpc) is 2.64. The van der Waals surface area contributed by atoms with Crippen LogP contribution in [-0.2, 0) is 4.57 Å². The van der Waals surface area contributed by atoms with E-state index in [1.165, 1.54) is 0 Å². The summed E-state index contributed by atoms with van der Waals surface area (Å²) >= 11 is 0. The van der Waals surface area contributed by atoms with Crippen LogP contribution in [0.5, 0.6) is 0 Å². The van der Waals surface area contributed by atoms with Crippen molar-refractivity contribution >= 4 is 7.37 Å². The summed E-state index contributed by atoms with van der Waals surface area (Å²) < 4.78 is 11.4. The van der Waals surface area contributed by atoms with E-state index in [2.05, 4.69) is 6.58 Å². The second-order valence-corrected chi connectivity index (χ2v) is 5.92. The molecule has 0 radical (unpaired) electrons. The second kappa shape index (κ2) is 2.44. The number of hydrogen-bond acceptors (Lipinski definition) is 2. The van der Waals surface area contributed by atoms with Crippen molar-refractivity contribution in [3.05, 3.63) is 12.7 Å². The molecule has 3 nitrogen and oxygen atoms in total. The minimum absolute atomic E-state index is 0.0401. The van der Waals surface area contributed by atoms with Crippen LogP contribution in [0.1, 0.15) is 13.3 Å². The van der Waals surface area contributed by atoms with Gasteiger partial charge in [-0.1, -0.05) is 13.0 Å². The van der Waals surface area contributed by atoms with Crippen molar-refractivity contribution in [2.75, 3.05) is 6.16 Å². The van der Waals surface area contributed by atoms with E-state index in [1.807, 2.05) is 0 Å². The highest BCUT2D eigenvalue weighted by Crippen LogP contribution is 2.67. The third-order valence-corrected chi connectivity index (χ3v) is 5.07. The summed E-state index contributed by atoms with van der Waals surface area (Å²) in [4.78, 5) is 9.41. The van der Waals surface area contributed by atoms with Gasteiger partial charge in [-0.25, -0.2) is 0 Å². The van der Waals surface area contributed by atoms with Crippen LogP contribution in [0.4, 0.5) is 0 Å². The molecule has 3 atom stereocenters. The molecule has 0 aromatic carbocycles. The molecule has 0 spiro atoms. The average molecular weight is 175 g/mol. The smallest absolute Gasteiger partial charge is 0.220 e. The van der Waals surface area contributed by atoms with E-state index in [4.69, 9.17) is 5.73 Å². The lowest BCUT2D eigenvalue weighted by Gasteiger charge is -2.16. The summed E-state index contributed by atoms with van der Waals surface area (Å²) in [6.45, 7) is 5.24. The molecule has 1 aliphatic rings. The first-order valence-electron chi connectivity index (χ1n) is 3.71. The Labute approximate surface area is 66.7 Å². The van der Waals surface area contributed by atoms with Gasteiger partial charge in [0, 0.05) is 12.1 Å². The standard InChI is InChI=1S/C7H14NO2P/c1-3-6-5-7(6,8)11(9,10)4-2/h3,6H,1,4-5,8H2,2H3,(H,9,10)/t6-,7+/m1/s1. The zero-order valence-electron chi connectivity index (χ0n) is 6.66. The minimum Gasteiger partial charge on any atom is -0.343 e. The summed E-state index contributed by atoms with van der Waals surface area (Å²) in [5.41, 5.74) is 5.71. The van der Waals surface area contributed by atoms with Crippen molar-refractivity contribution in [2.45, 2.75) is 18.6 Å². The molecule has 4 heteroatoms. The molecule has 1 saturated carbocycles. The van der Waals surface area contributed by atoms with Gasteiger partial charge in [-0.3, -0.25) is 4.57 Å². The van der Waals surface area contributed by atoms with Crippen LogP contribution in [0.25, 0.3) is 0 Å². The van der Waals surface area contributed by atoms with Gasteiger partial charge in [-0.05, 0) is 6.42 Å². The molecular formula is C7H14NO2P. The molecule has 0 saturated heterocycles. The van der Waals surface area contributed by atoms with Crippen molar-refractivity contribution in [3.8, 4) is 0 Å². The van der Waals surface area contributed by atoms with Gasteiger partial charge in [0.2, 0.25) is 7.37 Å². The molecule has 0 amide bonds. The molecule has 11 heavy (non-hydrogen) atoms. The fourth-order valence-corrected chi connectivity index (χ4v) is 2.97. The van der Waals surface area contributed by atoms with E-state index < -0.39 is 12.6 Å². The molecule has 1 fully saturated rings. The number of hydrogen-bond donors (Lipinski definition) is 2. The van der Waals surface area contributed by atoms with Crippen molar-refractivity contribution in [2.24, 2.45) is 11.7 Å².